The number of nitrogens with two attached hydrogens (primary N) is 1. The molecule has 0 aliphatic rings. The maximum Gasteiger partial charge on any atom is 0.162 e. The SMILES string of the molecule is COc1cc2nccc(OC(C)[C@@H](C)N)c2cc1OC. The summed E-state index contributed by atoms with van der Waals surface area (Å²) in [5, 5.41) is 0.873. The summed E-state index contributed by atoms with van der Waals surface area (Å²) in [6, 6.07) is 5.47. The Morgan fingerprint density at radius 3 is 2.30 bits per heavy atom. The van der Waals surface area contributed by atoms with Crippen molar-refractivity contribution in [3.63, 3.8) is 0 Å². The van der Waals surface area contributed by atoms with E-state index >= 15 is 0 Å². The topological polar surface area (TPSA) is 66.6 Å². The third-order valence-electron chi connectivity index (χ3n) is 3.26. The first-order valence-electron chi connectivity index (χ1n) is 6.49. The highest BCUT2D eigenvalue weighted by Gasteiger charge is 2.14. The fourth-order valence-electron chi connectivity index (χ4n) is 1.86. The van der Waals surface area contributed by atoms with Gasteiger partial charge in [0.05, 0.1) is 19.7 Å². The van der Waals surface area contributed by atoms with Crippen molar-refractivity contribution in [2.75, 3.05) is 14.2 Å². The Kier molecular flexibility index (Phi) is 4.29. The zero-order valence-electron chi connectivity index (χ0n) is 12.2. The lowest BCUT2D eigenvalue weighted by atomic mass is 10.1. The van der Waals surface area contributed by atoms with Gasteiger partial charge in [0.25, 0.3) is 0 Å². The molecular weight excluding hydrogens is 256 g/mol. The first-order chi connectivity index (χ1) is 9.56. The highest BCUT2D eigenvalue weighted by molar-refractivity contribution is 5.88. The van der Waals surface area contributed by atoms with Gasteiger partial charge in [-0.15, -0.1) is 0 Å². The molecule has 2 aromatic rings. The van der Waals surface area contributed by atoms with Crippen LogP contribution in [0.25, 0.3) is 10.9 Å². The first kappa shape index (κ1) is 14.4. The van der Waals surface area contributed by atoms with Gasteiger partial charge in [-0.25, -0.2) is 0 Å². The van der Waals surface area contributed by atoms with Crippen molar-refractivity contribution in [1.82, 2.24) is 4.98 Å². The molecule has 108 valence electrons. The molecule has 1 aromatic heterocycles. The molecule has 1 heterocycles. The lowest BCUT2D eigenvalue weighted by molar-refractivity contribution is 0.199. The number of nitrogens with zero attached hydrogens (tertiary/aromatic N) is 1. The van der Waals surface area contributed by atoms with Crippen LogP contribution in [0.5, 0.6) is 17.2 Å². The van der Waals surface area contributed by atoms with Crippen LogP contribution in [0.3, 0.4) is 0 Å². The quantitative estimate of drug-likeness (QED) is 0.908. The second-order valence-corrected chi connectivity index (χ2v) is 4.72. The standard InChI is InChI=1S/C15H20N2O3/c1-9(16)10(2)20-13-5-6-17-12-8-15(19-4)14(18-3)7-11(12)13/h5-10H,16H2,1-4H3/t9-,10?/m1/s1. The van der Waals surface area contributed by atoms with E-state index in [0.29, 0.717) is 11.5 Å². The summed E-state index contributed by atoms with van der Waals surface area (Å²) in [5.74, 6) is 2.02. The highest BCUT2D eigenvalue weighted by Crippen LogP contribution is 2.35. The van der Waals surface area contributed by atoms with Crippen LogP contribution in [0.2, 0.25) is 0 Å². The minimum absolute atomic E-state index is 0.0571. The molecule has 20 heavy (non-hydrogen) atoms. The lowest BCUT2D eigenvalue weighted by Gasteiger charge is -2.19. The Morgan fingerprint density at radius 1 is 1.05 bits per heavy atom. The van der Waals surface area contributed by atoms with Crippen LogP contribution in [0.1, 0.15) is 13.8 Å². The van der Waals surface area contributed by atoms with Crippen molar-refractivity contribution < 1.29 is 14.2 Å². The fourth-order valence-corrected chi connectivity index (χ4v) is 1.86. The number of hydrogen-bond donors (Lipinski definition) is 1. The minimum Gasteiger partial charge on any atom is -0.493 e. The summed E-state index contributed by atoms with van der Waals surface area (Å²) in [5.41, 5.74) is 6.63. The highest BCUT2D eigenvalue weighted by atomic mass is 16.5. The van der Waals surface area contributed by atoms with E-state index in [4.69, 9.17) is 19.9 Å². The molecule has 1 unspecified atom stereocenters. The van der Waals surface area contributed by atoms with Gasteiger partial charge in [0.2, 0.25) is 0 Å². The molecule has 0 aliphatic heterocycles. The predicted octanol–water partition coefficient (Wildman–Crippen LogP) is 2.37. The number of methoxy groups -OCH3 is 2. The molecule has 0 amide bonds. The van der Waals surface area contributed by atoms with Gasteiger partial charge < -0.3 is 19.9 Å². The van der Waals surface area contributed by atoms with E-state index in [2.05, 4.69) is 4.98 Å². The largest absolute Gasteiger partial charge is 0.493 e. The number of hydrogen-bond acceptors (Lipinski definition) is 5. The van der Waals surface area contributed by atoms with Gasteiger partial charge in [-0.05, 0) is 26.0 Å². The van der Waals surface area contributed by atoms with Crippen molar-refractivity contribution in [2.45, 2.75) is 26.0 Å². The monoisotopic (exact) mass is 276 g/mol. The molecule has 2 rings (SSSR count). The van der Waals surface area contributed by atoms with Crippen molar-refractivity contribution in [3.05, 3.63) is 24.4 Å². The Morgan fingerprint density at radius 2 is 1.70 bits per heavy atom. The van der Waals surface area contributed by atoms with Gasteiger partial charge in [0, 0.05) is 23.7 Å². The van der Waals surface area contributed by atoms with E-state index in [0.717, 1.165) is 16.7 Å². The van der Waals surface area contributed by atoms with Gasteiger partial charge >= 0.3 is 0 Å². The minimum atomic E-state index is -0.0892. The predicted molar refractivity (Wildman–Crippen MR) is 78.6 cm³/mol. The Balaban J connectivity index is 2.50. The maximum atomic E-state index is 5.90. The Bertz CT molecular complexity index is 599. The van der Waals surface area contributed by atoms with Crippen LogP contribution in [0.4, 0.5) is 0 Å². The number of aromatic nitrogens is 1. The maximum absolute atomic E-state index is 5.90. The van der Waals surface area contributed by atoms with Gasteiger partial charge in [-0.1, -0.05) is 0 Å². The molecule has 2 atom stereocenters. The third-order valence-corrected chi connectivity index (χ3v) is 3.26. The summed E-state index contributed by atoms with van der Waals surface area (Å²) in [7, 11) is 3.20. The molecule has 0 saturated carbocycles. The third kappa shape index (κ3) is 2.77. The molecule has 2 N–H and O–H groups in total. The van der Waals surface area contributed by atoms with Gasteiger partial charge in [-0.3, -0.25) is 4.98 Å². The number of fused-ring (bicyclic) bond motifs is 1. The summed E-state index contributed by atoms with van der Waals surface area (Å²) < 4.78 is 16.5. The number of ether oxygens (including phenoxy) is 3. The van der Waals surface area contributed by atoms with E-state index in [1.165, 1.54) is 0 Å². The molecule has 0 fully saturated rings. The normalized spacial score (nSPS) is 13.8. The lowest BCUT2D eigenvalue weighted by Crippen LogP contribution is -2.33. The van der Waals surface area contributed by atoms with E-state index < -0.39 is 0 Å². The van der Waals surface area contributed by atoms with Crippen molar-refractivity contribution in [1.29, 1.82) is 0 Å². The van der Waals surface area contributed by atoms with E-state index in [-0.39, 0.29) is 12.1 Å². The zero-order chi connectivity index (χ0) is 14.7. The molecule has 5 heteroatoms. The Hall–Kier alpha value is -2.01. The van der Waals surface area contributed by atoms with E-state index in [9.17, 15) is 0 Å². The van der Waals surface area contributed by atoms with Crippen LogP contribution in [0.15, 0.2) is 24.4 Å². The second kappa shape index (κ2) is 5.96. The van der Waals surface area contributed by atoms with Crippen LogP contribution >= 0.6 is 0 Å². The smallest absolute Gasteiger partial charge is 0.162 e. The van der Waals surface area contributed by atoms with Crippen LogP contribution in [-0.4, -0.2) is 31.3 Å². The molecule has 5 nitrogen and oxygen atoms in total. The van der Waals surface area contributed by atoms with Crippen LogP contribution < -0.4 is 19.9 Å². The van der Waals surface area contributed by atoms with E-state index in [1.54, 1.807) is 20.4 Å². The second-order valence-electron chi connectivity index (χ2n) is 4.72. The molecule has 0 saturated heterocycles. The fraction of sp³-hybridized carbons (Fsp3) is 0.400. The molecule has 0 spiro atoms. The molecule has 1 aromatic carbocycles. The molecule has 0 bridgehead atoms. The average molecular weight is 276 g/mol. The Labute approximate surface area is 118 Å². The zero-order valence-corrected chi connectivity index (χ0v) is 12.2. The van der Waals surface area contributed by atoms with Crippen molar-refractivity contribution in [3.8, 4) is 17.2 Å². The molecule has 0 aliphatic carbocycles. The number of pyridine rings is 1. The summed E-state index contributed by atoms with van der Waals surface area (Å²) in [6.07, 6.45) is 1.62. The average Bonchev–Trinajstić information content (AvgIpc) is 2.45. The first-order valence-corrected chi connectivity index (χ1v) is 6.49. The number of rotatable bonds is 5. The number of benzene rings is 1. The van der Waals surface area contributed by atoms with Crippen molar-refractivity contribution >= 4 is 10.9 Å². The van der Waals surface area contributed by atoms with Gasteiger partial charge in [-0.2, -0.15) is 0 Å². The summed E-state index contributed by atoms with van der Waals surface area (Å²) >= 11 is 0. The molecular formula is C15H20N2O3. The summed E-state index contributed by atoms with van der Waals surface area (Å²) in [6.45, 7) is 3.86. The van der Waals surface area contributed by atoms with Crippen LogP contribution in [0, 0.1) is 0 Å². The molecule has 0 radical (unpaired) electrons. The van der Waals surface area contributed by atoms with Crippen molar-refractivity contribution in [2.24, 2.45) is 5.73 Å². The summed E-state index contributed by atoms with van der Waals surface area (Å²) in [4.78, 5) is 4.33. The van der Waals surface area contributed by atoms with Crippen LogP contribution in [-0.2, 0) is 0 Å². The van der Waals surface area contributed by atoms with Gasteiger partial charge in [0.15, 0.2) is 11.5 Å². The van der Waals surface area contributed by atoms with E-state index in [1.807, 2.05) is 32.0 Å². The van der Waals surface area contributed by atoms with Gasteiger partial charge in [0.1, 0.15) is 11.9 Å².